The van der Waals surface area contributed by atoms with E-state index in [1.54, 1.807) is 0 Å². The van der Waals surface area contributed by atoms with Crippen molar-refractivity contribution >= 4 is 10.8 Å². The molecule has 0 saturated heterocycles. The molecule has 0 radical (unpaired) electrons. The van der Waals surface area contributed by atoms with Gasteiger partial charge in [-0.25, -0.2) is 0 Å². The number of aromatic nitrogens is 2. The van der Waals surface area contributed by atoms with Crippen LogP contribution in [0.2, 0.25) is 0 Å². The van der Waals surface area contributed by atoms with Gasteiger partial charge in [0.2, 0.25) is 11.7 Å². The van der Waals surface area contributed by atoms with Crippen LogP contribution < -0.4 is 5.73 Å². The smallest absolute Gasteiger partial charge is 0.243 e. The Bertz CT molecular complexity index is 730. The minimum Gasteiger partial charge on any atom is -0.337 e. The number of hydrogen-bond acceptors (Lipinski definition) is 4. The number of nitrogens with two attached hydrogens (primary N) is 1. The molecule has 0 aliphatic carbocycles. The fourth-order valence-electron chi connectivity index (χ4n) is 2.46. The van der Waals surface area contributed by atoms with Gasteiger partial charge in [-0.3, -0.25) is 0 Å². The summed E-state index contributed by atoms with van der Waals surface area (Å²) >= 11 is 0. The van der Waals surface area contributed by atoms with E-state index in [-0.39, 0.29) is 6.04 Å². The van der Waals surface area contributed by atoms with E-state index in [9.17, 15) is 0 Å². The van der Waals surface area contributed by atoms with Crippen molar-refractivity contribution in [2.45, 2.75) is 32.2 Å². The standard InChI is InChI=1S/C17H19N3O/c1-2-3-11-15(18)17-19-16(20-21-17)14-10-6-8-12-7-4-5-9-13(12)14/h4-10,15H,2-3,11,18H2,1H3/t15-/m0/s1. The molecule has 0 bridgehead atoms. The molecule has 0 fully saturated rings. The predicted molar refractivity (Wildman–Crippen MR) is 83.7 cm³/mol. The van der Waals surface area contributed by atoms with Crippen LogP contribution in [0.15, 0.2) is 47.0 Å². The van der Waals surface area contributed by atoms with Gasteiger partial charge in [0.1, 0.15) is 0 Å². The molecule has 0 amide bonds. The topological polar surface area (TPSA) is 64.9 Å². The van der Waals surface area contributed by atoms with Gasteiger partial charge >= 0.3 is 0 Å². The minimum atomic E-state index is -0.179. The first-order chi connectivity index (χ1) is 10.3. The van der Waals surface area contributed by atoms with Crippen LogP contribution >= 0.6 is 0 Å². The Labute approximate surface area is 124 Å². The molecule has 3 aromatic rings. The Balaban J connectivity index is 1.95. The van der Waals surface area contributed by atoms with Crippen LogP contribution in [0, 0.1) is 0 Å². The summed E-state index contributed by atoms with van der Waals surface area (Å²) in [7, 11) is 0. The maximum absolute atomic E-state index is 6.09. The van der Waals surface area contributed by atoms with Crippen molar-refractivity contribution in [3.63, 3.8) is 0 Å². The van der Waals surface area contributed by atoms with Gasteiger partial charge in [-0.05, 0) is 17.2 Å². The van der Waals surface area contributed by atoms with Crippen molar-refractivity contribution < 1.29 is 4.52 Å². The molecule has 108 valence electrons. The first kappa shape index (κ1) is 13.8. The van der Waals surface area contributed by atoms with Gasteiger partial charge in [0, 0.05) is 5.56 Å². The Hall–Kier alpha value is -2.20. The molecule has 4 heteroatoms. The molecule has 21 heavy (non-hydrogen) atoms. The number of nitrogens with zero attached hydrogens (tertiary/aromatic N) is 2. The molecular formula is C17H19N3O. The summed E-state index contributed by atoms with van der Waals surface area (Å²) in [4.78, 5) is 4.48. The van der Waals surface area contributed by atoms with Crippen LogP contribution in [0.1, 0.15) is 38.1 Å². The second kappa shape index (κ2) is 6.06. The minimum absolute atomic E-state index is 0.179. The Kier molecular flexibility index (Phi) is 3.97. The molecule has 4 nitrogen and oxygen atoms in total. The third kappa shape index (κ3) is 2.81. The van der Waals surface area contributed by atoms with Crippen molar-refractivity contribution in [3.05, 3.63) is 48.4 Å². The van der Waals surface area contributed by atoms with Gasteiger partial charge in [-0.1, -0.05) is 67.4 Å². The maximum atomic E-state index is 6.09. The average Bonchev–Trinajstić information content (AvgIpc) is 3.02. The second-order valence-corrected chi connectivity index (χ2v) is 5.23. The van der Waals surface area contributed by atoms with E-state index in [0.29, 0.717) is 11.7 Å². The van der Waals surface area contributed by atoms with Crippen molar-refractivity contribution in [2.24, 2.45) is 5.73 Å². The Morgan fingerprint density at radius 2 is 1.95 bits per heavy atom. The lowest BCUT2D eigenvalue weighted by atomic mass is 10.0. The molecular weight excluding hydrogens is 262 g/mol. The van der Waals surface area contributed by atoms with E-state index < -0.39 is 0 Å². The number of hydrogen-bond donors (Lipinski definition) is 1. The molecule has 3 rings (SSSR count). The Morgan fingerprint density at radius 1 is 1.14 bits per heavy atom. The zero-order chi connectivity index (χ0) is 14.7. The van der Waals surface area contributed by atoms with Crippen molar-refractivity contribution in [2.75, 3.05) is 0 Å². The third-order valence-electron chi connectivity index (χ3n) is 3.66. The highest BCUT2D eigenvalue weighted by atomic mass is 16.5. The molecule has 0 spiro atoms. The monoisotopic (exact) mass is 281 g/mol. The number of fused-ring (bicyclic) bond motifs is 1. The van der Waals surface area contributed by atoms with Crippen LogP contribution in [-0.4, -0.2) is 10.1 Å². The molecule has 0 unspecified atom stereocenters. The van der Waals surface area contributed by atoms with Gasteiger partial charge in [0.25, 0.3) is 0 Å². The first-order valence-corrected chi connectivity index (χ1v) is 7.37. The van der Waals surface area contributed by atoms with Gasteiger partial charge in [0.05, 0.1) is 6.04 Å². The van der Waals surface area contributed by atoms with Gasteiger partial charge in [-0.2, -0.15) is 4.98 Å². The first-order valence-electron chi connectivity index (χ1n) is 7.37. The van der Waals surface area contributed by atoms with Crippen molar-refractivity contribution in [1.29, 1.82) is 0 Å². The van der Waals surface area contributed by atoms with Gasteiger partial charge in [0.15, 0.2) is 0 Å². The van der Waals surface area contributed by atoms with Crippen LogP contribution in [0.5, 0.6) is 0 Å². The molecule has 0 aliphatic rings. The lowest BCUT2D eigenvalue weighted by Crippen LogP contribution is -2.10. The highest BCUT2D eigenvalue weighted by molar-refractivity contribution is 5.94. The average molecular weight is 281 g/mol. The quantitative estimate of drug-likeness (QED) is 0.765. The number of unbranched alkanes of at least 4 members (excludes halogenated alkanes) is 1. The molecule has 0 aliphatic heterocycles. The molecule has 1 atom stereocenters. The number of rotatable bonds is 5. The molecule has 2 N–H and O–H groups in total. The lowest BCUT2D eigenvalue weighted by molar-refractivity contribution is 0.346. The van der Waals surface area contributed by atoms with Crippen LogP contribution in [0.4, 0.5) is 0 Å². The summed E-state index contributed by atoms with van der Waals surface area (Å²) < 4.78 is 5.34. The fraction of sp³-hybridized carbons (Fsp3) is 0.294. The number of benzene rings is 2. The van der Waals surface area contributed by atoms with Crippen molar-refractivity contribution in [1.82, 2.24) is 10.1 Å². The maximum Gasteiger partial charge on any atom is 0.243 e. The molecule has 0 saturated carbocycles. The van der Waals surface area contributed by atoms with Crippen molar-refractivity contribution in [3.8, 4) is 11.4 Å². The SMILES string of the molecule is CCCC[C@H](N)c1nc(-c2cccc3ccccc23)no1. The van der Waals surface area contributed by atoms with E-state index in [1.165, 1.54) is 0 Å². The van der Waals surface area contributed by atoms with E-state index in [1.807, 2.05) is 24.3 Å². The van der Waals surface area contributed by atoms with Crippen LogP contribution in [0.25, 0.3) is 22.2 Å². The highest BCUT2D eigenvalue weighted by Crippen LogP contribution is 2.27. The molecule has 1 heterocycles. The fourth-order valence-corrected chi connectivity index (χ4v) is 2.46. The molecule has 2 aromatic carbocycles. The largest absolute Gasteiger partial charge is 0.337 e. The molecule has 1 aromatic heterocycles. The normalized spacial score (nSPS) is 12.7. The Morgan fingerprint density at radius 3 is 2.81 bits per heavy atom. The van der Waals surface area contributed by atoms with Crippen LogP contribution in [0.3, 0.4) is 0 Å². The summed E-state index contributed by atoms with van der Waals surface area (Å²) in [5.74, 6) is 1.13. The van der Waals surface area contributed by atoms with Gasteiger partial charge < -0.3 is 10.3 Å². The summed E-state index contributed by atoms with van der Waals surface area (Å²) in [5, 5.41) is 6.38. The zero-order valence-corrected chi connectivity index (χ0v) is 12.1. The predicted octanol–water partition coefficient (Wildman–Crippen LogP) is 4.08. The van der Waals surface area contributed by atoms with E-state index in [2.05, 4.69) is 35.3 Å². The van der Waals surface area contributed by atoms with E-state index >= 15 is 0 Å². The zero-order valence-electron chi connectivity index (χ0n) is 12.1. The summed E-state index contributed by atoms with van der Waals surface area (Å²) in [6.07, 6.45) is 3.04. The highest BCUT2D eigenvalue weighted by Gasteiger charge is 2.16. The lowest BCUT2D eigenvalue weighted by Gasteiger charge is -2.04. The summed E-state index contributed by atoms with van der Waals surface area (Å²) in [6, 6.07) is 14.1. The van der Waals surface area contributed by atoms with E-state index in [0.717, 1.165) is 35.6 Å². The third-order valence-corrected chi connectivity index (χ3v) is 3.66. The van der Waals surface area contributed by atoms with E-state index in [4.69, 9.17) is 10.3 Å². The van der Waals surface area contributed by atoms with Gasteiger partial charge in [-0.15, -0.1) is 0 Å². The van der Waals surface area contributed by atoms with Crippen LogP contribution in [-0.2, 0) is 0 Å². The summed E-state index contributed by atoms with van der Waals surface area (Å²) in [6.45, 7) is 2.14. The second-order valence-electron chi connectivity index (χ2n) is 5.23. The summed E-state index contributed by atoms with van der Waals surface area (Å²) in [5.41, 5.74) is 7.07.